The molecule has 1 aliphatic rings. The Hall–Kier alpha value is -0.900. The molecule has 0 saturated carbocycles. The quantitative estimate of drug-likeness (QED) is 0.864. The summed E-state index contributed by atoms with van der Waals surface area (Å²) in [6.07, 6.45) is 2.62. The predicted molar refractivity (Wildman–Crippen MR) is 83.8 cm³/mol. The molecule has 3 heteroatoms. The second-order valence-corrected chi connectivity index (χ2v) is 5.67. The van der Waals surface area contributed by atoms with Gasteiger partial charge in [0.05, 0.1) is 6.61 Å². The number of nitrogens with zero attached hydrogens (tertiary/aromatic N) is 1. The minimum Gasteiger partial charge on any atom is -0.380 e. The maximum absolute atomic E-state index is 5.39. The Labute approximate surface area is 123 Å². The molecule has 0 radical (unpaired) electrons. The van der Waals surface area contributed by atoms with Crippen molar-refractivity contribution in [3.63, 3.8) is 0 Å². The number of likely N-dealkylation sites (tertiary alicyclic amines) is 1. The van der Waals surface area contributed by atoms with Crippen molar-refractivity contribution < 1.29 is 4.74 Å². The number of piperidine rings is 1. The molecule has 0 aliphatic carbocycles. The van der Waals surface area contributed by atoms with Gasteiger partial charge in [0.15, 0.2) is 0 Å². The lowest BCUT2D eigenvalue weighted by Crippen LogP contribution is -2.42. The fourth-order valence-corrected chi connectivity index (χ4v) is 3.54. The number of hydrogen-bond acceptors (Lipinski definition) is 3. The molecule has 1 heterocycles. The van der Waals surface area contributed by atoms with Crippen molar-refractivity contribution in [3.8, 4) is 0 Å². The van der Waals surface area contributed by atoms with Gasteiger partial charge in [0.2, 0.25) is 0 Å². The molecule has 20 heavy (non-hydrogen) atoms. The van der Waals surface area contributed by atoms with Crippen LogP contribution in [0, 0.1) is 5.92 Å². The van der Waals surface area contributed by atoms with Gasteiger partial charge in [0.1, 0.15) is 0 Å². The summed E-state index contributed by atoms with van der Waals surface area (Å²) in [4.78, 5) is 2.62. The molecular formula is C17H28N2O. The van der Waals surface area contributed by atoms with Gasteiger partial charge in [-0.3, -0.25) is 4.90 Å². The van der Waals surface area contributed by atoms with Gasteiger partial charge in [-0.15, -0.1) is 0 Å². The highest BCUT2D eigenvalue weighted by Gasteiger charge is 2.32. The normalized spacial score (nSPS) is 23.9. The van der Waals surface area contributed by atoms with E-state index in [9.17, 15) is 0 Å². The van der Waals surface area contributed by atoms with Crippen LogP contribution in [0.4, 0.5) is 0 Å². The second-order valence-electron chi connectivity index (χ2n) is 5.67. The third-order valence-electron chi connectivity index (χ3n) is 4.41. The van der Waals surface area contributed by atoms with Crippen LogP contribution in [-0.4, -0.2) is 38.7 Å². The van der Waals surface area contributed by atoms with Gasteiger partial charge in [-0.2, -0.15) is 0 Å². The summed E-state index contributed by atoms with van der Waals surface area (Å²) in [7, 11) is 3.84. The molecule has 112 valence electrons. The summed E-state index contributed by atoms with van der Waals surface area (Å²) in [5, 5.41) is 3.38. The number of hydrogen-bond donors (Lipinski definition) is 1. The maximum atomic E-state index is 5.39. The van der Waals surface area contributed by atoms with Gasteiger partial charge in [-0.1, -0.05) is 31.2 Å². The zero-order valence-electron chi connectivity index (χ0n) is 13.1. The molecule has 0 amide bonds. The highest BCUT2D eigenvalue weighted by molar-refractivity contribution is 5.30. The lowest BCUT2D eigenvalue weighted by Gasteiger charge is -2.42. The van der Waals surface area contributed by atoms with Crippen LogP contribution < -0.4 is 5.32 Å². The average Bonchev–Trinajstić information content (AvgIpc) is 2.48. The zero-order chi connectivity index (χ0) is 14.4. The van der Waals surface area contributed by atoms with E-state index in [1.807, 2.05) is 0 Å². The van der Waals surface area contributed by atoms with Gasteiger partial charge in [0, 0.05) is 13.2 Å². The van der Waals surface area contributed by atoms with Gasteiger partial charge in [-0.25, -0.2) is 0 Å². The van der Waals surface area contributed by atoms with E-state index in [0.29, 0.717) is 18.6 Å². The van der Waals surface area contributed by atoms with Gasteiger partial charge in [0.25, 0.3) is 0 Å². The molecule has 1 fully saturated rings. The minimum absolute atomic E-state index is 0.521. The van der Waals surface area contributed by atoms with E-state index in [4.69, 9.17) is 4.74 Å². The standard InChI is InChI=1S/C17H28N2O/c1-4-19-11-7-9-14(12-18-2)17(19)16-10-6-5-8-15(16)13-20-3/h5-6,8,10,14,17-18H,4,7,9,11-13H2,1-3H3. The zero-order valence-corrected chi connectivity index (χ0v) is 13.1. The van der Waals surface area contributed by atoms with Gasteiger partial charge >= 0.3 is 0 Å². The molecule has 3 nitrogen and oxygen atoms in total. The van der Waals surface area contributed by atoms with Crippen LogP contribution in [0.15, 0.2) is 24.3 Å². The third-order valence-corrected chi connectivity index (χ3v) is 4.41. The van der Waals surface area contributed by atoms with E-state index in [1.165, 1.54) is 30.5 Å². The number of benzene rings is 1. The summed E-state index contributed by atoms with van der Waals surface area (Å²) in [6, 6.07) is 9.29. The van der Waals surface area contributed by atoms with E-state index >= 15 is 0 Å². The summed E-state index contributed by atoms with van der Waals surface area (Å²) in [5.41, 5.74) is 2.79. The van der Waals surface area contributed by atoms with Crippen LogP contribution >= 0.6 is 0 Å². The lowest BCUT2D eigenvalue weighted by atomic mass is 9.82. The summed E-state index contributed by atoms with van der Waals surface area (Å²) < 4.78 is 5.39. The second kappa shape index (κ2) is 7.77. The van der Waals surface area contributed by atoms with Crippen molar-refractivity contribution in [2.75, 3.05) is 33.8 Å². The van der Waals surface area contributed by atoms with Crippen molar-refractivity contribution in [1.82, 2.24) is 10.2 Å². The Morgan fingerprint density at radius 2 is 2.15 bits per heavy atom. The van der Waals surface area contributed by atoms with Crippen molar-refractivity contribution in [3.05, 3.63) is 35.4 Å². The number of nitrogens with one attached hydrogen (secondary N) is 1. The van der Waals surface area contributed by atoms with Crippen LogP contribution in [0.25, 0.3) is 0 Å². The van der Waals surface area contributed by atoms with Crippen LogP contribution in [0.2, 0.25) is 0 Å². The van der Waals surface area contributed by atoms with Gasteiger partial charge in [-0.05, 0) is 56.6 Å². The molecule has 1 aromatic carbocycles. The van der Waals surface area contributed by atoms with E-state index < -0.39 is 0 Å². The topological polar surface area (TPSA) is 24.5 Å². The van der Waals surface area contributed by atoms with Crippen molar-refractivity contribution in [1.29, 1.82) is 0 Å². The summed E-state index contributed by atoms with van der Waals surface area (Å²) >= 11 is 0. The Morgan fingerprint density at radius 3 is 2.85 bits per heavy atom. The fourth-order valence-electron chi connectivity index (χ4n) is 3.54. The van der Waals surface area contributed by atoms with Crippen molar-refractivity contribution >= 4 is 0 Å². The molecule has 0 spiro atoms. The first kappa shape index (κ1) is 15.5. The largest absolute Gasteiger partial charge is 0.380 e. The lowest BCUT2D eigenvalue weighted by molar-refractivity contribution is 0.0951. The van der Waals surface area contributed by atoms with Crippen LogP contribution in [0.3, 0.4) is 0 Å². The Kier molecular flexibility index (Phi) is 6.02. The van der Waals surface area contributed by atoms with E-state index in [1.54, 1.807) is 7.11 Å². The molecule has 0 bridgehead atoms. The summed E-state index contributed by atoms with van der Waals surface area (Å²) in [5.74, 6) is 0.687. The van der Waals surface area contributed by atoms with E-state index in [-0.39, 0.29) is 0 Å². The maximum Gasteiger partial charge on any atom is 0.0716 e. The average molecular weight is 276 g/mol. The van der Waals surface area contributed by atoms with Crippen LogP contribution in [-0.2, 0) is 11.3 Å². The molecule has 2 unspecified atom stereocenters. The Bertz CT molecular complexity index is 406. The van der Waals surface area contributed by atoms with E-state index in [2.05, 4.69) is 48.5 Å². The number of rotatable bonds is 6. The number of ether oxygens (including phenoxy) is 1. The van der Waals surface area contributed by atoms with Crippen LogP contribution in [0.5, 0.6) is 0 Å². The minimum atomic E-state index is 0.521. The first-order valence-electron chi connectivity index (χ1n) is 7.77. The number of methoxy groups -OCH3 is 1. The Morgan fingerprint density at radius 1 is 1.35 bits per heavy atom. The van der Waals surface area contributed by atoms with Gasteiger partial charge < -0.3 is 10.1 Å². The first-order chi connectivity index (χ1) is 9.81. The summed E-state index contributed by atoms with van der Waals surface area (Å²) in [6.45, 7) is 6.39. The molecule has 1 N–H and O–H groups in total. The predicted octanol–water partition coefficient (Wildman–Crippen LogP) is 2.83. The highest BCUT2D eigenvalue weighted by Crippen LogP contribution is 2.37. The van der Waals surface area contributed by atoms with E-state index in [0.717, 1.165) is 13.1 Å². The Balaban J connectivity index is 2.32. The third kappa shape index (κ3) is 3.40. The van der Waals surface area contributed by atoms with Crippen molar-refractivity contribution in [2.24, 2.45) is 5.92 Å². The molecule has 1 aliphatic heterocycles. The SMILES string of the molecule is CCN1CCCC(CNC)C1c1ccccc1COC. The highest BCUT2D eigenvalue weighted by atomic mass is 16.5. The molecule has 1 saturated heterocycles. The molecule has 1 aromatic rings. The van der Waals surface area contributed by atoms with Crippen LogP contribution in [0.1, 0.15) is 36.9 Å². The smallest absolute Gasteiger partial charge is 0.0716 e. The molecule has 2 rings (SSSR count). The first-order valence-corrected chi connectivity index (χ1v) is 7.77. The molecule has 2 atom stereocenters. The van der Waals surface area contributed by atoms with Crippen molar-refractivity contribution in [2.45, 2.75) is 32.4 Å². The monoisotopic (exact) mass is 276 g/mol. The molecular weight excluding hydrogens is 248 g/mol. The fraction of sp³-hybridized carbons (Fsp3) is 0.647. The molecule has 0 aromatic heterocycles.